The van der Waals surface area contributed by atoms with E-state index in [9.17, 15) is 9.59 Å². The zero-order valence-corrected chi connectivity index (χ0v) is 32.9. The van der Waals surface area contributed by atoms with E-state index in [-0.39, 0.29) is 22.7 Å². The van der Waals surface area contributed by atoms with E-state index in [0.29, 0.717) is 43.1 Å². The highest BCUT2D eigenvalue weighted by Gasteiger charge is 2.50. The summed E-state index contributed by atoms with van der Waals surface area (Å²) in [5, 5.41) is 2.36. The Morgan fingerprint density at radius 3 is 1.88 bits per heavy atom. The molecule has 4 rings (SSSR count). The smallest absolute Gasteiger partial charge is 0.410 e. The average molecular weight is 700 g/mol. The van der Waals surface area contributed by atoms with Crippen LogP contribution in [0, 0.1) is 5.41 Å². The normalized spacial score (nSPS) is 15.2. The van der Waals surface area contributed by atoms with Gasteiger partial charge >= 0.3 is 6.09 Å². The first-order chi connectivity index (χ1) is 23.4. The monoisotopic (exact) mass is 699 g/mol. The first-order valence-corrected chi connectivity index (χ1v) is 19.5. The van der Waals surface area contributed by atoms with Gasteiger partial charge < -0.3 is 23.5 Å². The Balaban J connectivity index is 1.54. The van der Waals surface area contributed by atoms with E-state index in [1.807, 2.05) is 45.0 Å². The first-order valence-electron chi connectivity index (χ1n) is 17.6. The lowest BCUT2D eigenvalue weighted by atomic mass is 9.80. The Kier molecular flexibility index (Phi) is 12.1. The molecule has 270 valence electrons. The fraction of sp³-hybridized carbons (Fsp3) is 0.476. The predicted octanol–water partition coefficient (Wildman–Crippen LogP) is 8.44. The van der Waals surface area contributed by atoms with E-state index in [0.717, 1.165) is 17.5 Å². The van der Waals surface area contributed by atoms with Crippen LogP contribution in [0.2, 0.25) is 5.04 Å². The summed E-state index contributed by atoms with van der Waals surface area (Å²) in [5.41, 5.74) is 1.49. The third kappa shape index (κ3) is 8.88. The van der Waals surface area contributed by atoms with Gasteiger partial charge in [-0.05, 0) is 89.7 Å². The van der Waals surface area contributed by atoms with Crippen LogP contribution in [0.5, 0.6) is 11.5 Å². The lowest BCUT2D eigenvalue weighted by Crippen LogP contribution is -2.66. The van der Waals surface area contributed by atoms with E-state index in [1.165, 1.54) is 10.4 Å². The maximum absolute atomic E-state index is 14.0. The van der Waals surface area contributed by atoms with Gasteiger partial charge in [-0.2, -0.15) is 0 Å². The van der Waals surface area contributed by atoms with E-state index >= 15 is 0 Å². The number of amides is 1. The third-order valence-corrected chi connectivity index (χ3v) is 14.7. The fourth-order valence-corrected chi connectivity index (χ4v) is 11.7. The number of methoxy groups -OCH3 is 2. The largest absolute Gasteiger partial charge is 0.493 e. The number of ketones is 1. The maximum atomic E-state index is 14.0. The maximum Gasteiger partial charge on any atom is 0.410 e. The summed E-state index contributed by atoms with van der Waals surface area (Å²) < 4.78 is 24.1. The van der Waals surface area contributed by atoms with Crippen molar-refractivity contribution in [3.8, 4) is 11.5 Å². The highest BCUT2D eigenvalue weighted by Crippen LogP contribution is 2.42. The van der Waals surface area contributed by atoms with E-state index in [4.69, 9.17) is 18.6 Å². The summed E-state index contributed by atoms with van der Waals surface area (Å²) >= 11 is 0. The summed E-state index contributed by atoms with van der Waals surface area (Å²) in [6.45, 7) is 22.0. The molecule has 0 saturated carbocycles. The van der Waals surface area contributed by atoms with E-state index < -0.39 is 26.1 Å². The van der Waals surface area contributed by atoms with Crippen LogP contribution in [0.4, 0.5) is 4.79 Å². The van der Waals surface area contributed by atoms with Crippen LogP contribution in [0.1, 0.15) is 91.8 Å². The first kappa shape index (κ1) is 38.9. The second-order valence-corrected chi connectivity index (χ2v) is 20.5. The number of benzene rings is 3. The fourth-order valence-electron chi connectivity index (χ4n) is 7.11. The van der Waals surface area contributed by atoms with Crippen LogP contribution < -0.4 is 19.8 Å². The number of rotatable bonds is 13. The van der Waals surface area contributed by atoms with Gasteiger partial charge in [-0.25, -0.2) is 4.79 Å². The number of ether oxygens (including phenoxy) is 3. The van der Waals surface area contributed by atoms with Gasteiger partial charge in [0.2, 0.25) is 0 Å². The summed E-state index contributed by atoms with van der Waals surface area (Å²) in [6.07, 6.45) is 1.52. The quantitative estimate of drug-likeness (QED) is 0.132. The SMILES string of the molecule is C=C(CC(C)(C)CCO[Si](c1ccccc1)(c1ccccc1)C(C)(C)C)C(=O)C[C@H]1c2cc(OC)c(OC)cc2CCN1C(=O)OC(C)(C)C. The zero-order chi connectivity index (χ0) is 36.9. The number of carbonyl (C=O) groups excluding carboxylic acids is 2. The van der Waals surface area contributed by atoms with Crippen LogP contribution in [0.3, 0.4) is 0 Å². The van der Waals surface area contributed by atoms with E-state index in [2.05, 4.69) is 89.7 Å². The van der Waals surface area contributed by atoms with Crippen molar-refractivity contribution in [1.29, 1.82) is 0 Å². The molecule has 50 heavy (non-hydrogen) atoms. The highest BCUT2D eigenvalue weighted by molar-refractivity contribution is 6.99. The predicted molar refractivity (Wildman–Crippen MR) is 204 cm³/mol. The van der Waals surface area contributed by atoms with Gasteiger partial charge in [-0.1, -0.05) is 102 Å². The minimum absolute atomic E-state index is 0.0767. The van der Waals surface area contributed by atoms with Gasteiger partial charge in [-0.3, -0.25) is 4.79 Å². The van der Waals surface area contributed by atoms with Crippen molar-refractivity contribution >= 4 is 30.6 Å². The number of nitrogens with zero attached hydrogens (tertiary/aromatic N) is 1. The third-order valence-electron chi connectivity index (χ3n) is 9.61. The molecule has 0 fully saturated rings. The Labute approximate surface area is 301 Å². The highest BCUT2D eigenvalue weighted by atomic mass is 28.4. The number of carbonyl (C=O) groups is 2. The molecule has 1 atom stereocenters. The summed E-state index contributed by atoms with van der Waals surface area (Å²) in [5.74, 6) is 1.09. The molecule has 1 amide bonds. The van der Waals surface area contributed by atoms with Crippen LogP contribution in [0.25, 0.3) is 0 Å². The molecule has 0 bridgehead atoms. The van der Waals surface area contributed by atoms with Crippen LogP contribution in [-0.2, 0) is 20.4 Å². The number of Topliss-reactive ketones (excluding diaryl/α,β-unsaturated/α-hetero) is 1. The Morgan fingerprint density at radius 2 is 1.38 bits per heavy atom. The average Bonchev–Trinajstić information content (AvgIpc) is 3.05. The van der Waals surface area contributed by atoms with Gasteiger partial charge in [0, 0.05) is 19.6 Å². The molecule has 0 spiro atoms. The summed E-state index contributed by atoms with van der Waals surface area (Å²) in [6, 6.07) is 24.6. The Bertz CT molecular complexity index is 1600. The van der Waals surface area contributed by atoms with Gasteiger partial charge in [0.05, 0.1) is 20.3 Å². The standard InChI is InChI=1S/C42H57NO6Si/c1-30(29-42(8,9)23-25-48-50(41(5,6)7,32-18-14-12-15-19-32)33-20-16-13-17-21-33)36(44)28-35-34-27-38(47-11)37(46-10)26-31(34)22-24-43(35)39(45)49-40(2,3)4/h12-21,26-27,35H,1,22-25,28-29H2,2-11H3/t35-/m0/s1. The molecule has 3 aromatic carbocycles. The second kappa shape index (κ2) is 15.6. The molecule has 0 saturated heterocycles. The number of allylic oxidation sites excluding steroid dienone is 1. The van der Waals surface area contributed by atoms with Crippen molar-refractivity contribution in [3.63, 3.8) is 0 Å². The minimum Gasteiger partial charge on any atom is -0.493 e. The van der Waals surface area contributed by atoms with Crippen molar-refractivity contribution in [2.24, 2.45) is 5.41 Å². The van der Waals surface area contributed by atoms with E-state index in [1.54, 1.807) is 19.1 Å². The molecule has 1 aliphatic heterocycles. The zero-order valence-electron chi connectivity index (χ0n) is 31.9. The molecule has 0 unspecified atom stereocenters. The molecule has 1 aliphatic rings. The number of fused-ring (bicyclic) bond motifs is 1. The second-order valence-electron chi connectivity index (χ2n) is 16.2. The van der Waals surface area contributed by atoms with Gasteiger partial charge in [0.15, 0.2) is 17.3 Å². The molecular weight excluding hydrogens is 643 g/mol. The summed E-state index contributed by atoms with van der Waals surface area (Å²) in [4.78, 5) is 29.1. The van der Waals surface area contributed by atoms with Crippen molar-refractivity contribution in [1.82, 2.24) is 4.90 Å². The molecule has 0 aromatic heterocycles. The minimum atomic E-state index is -2.68. The van der Waals surface area contributed by atoms with Crippen molar-refractivity contribution < 1.29 is 28.2 Å². The lowest BCUT2D eigenvalue weighted by Gasteiger charge is -2.43. The molecular formula is C42H57NO6Si. The molecule has 7 nitrogen and oxygen atoms in total. The molecule has 3 aromatic rings. The van der Waals surface area contributed by atoms with Gasteiger partial charge in [0.1, 0.15) is 5.60 Å². The van der Waals surface area contributed by atoms with Crippen molar-refractivity contribution in [3.05, 3.63) is 96.1 Å². The topological polar surface area (TPSA) is 74.3 Å². The van der Waals surface area contributed by atoms with Crippen LogP contribution >= 0.6 is 0 Å². The van der Waals surface area contributed by atoms with Crippen LogP contribution in [-0.4, -0.2) is 58.1 Å². The van der Waals surface area contributed by atoms with Gasteiger partial charge in [0.25, 0.3) is 8.32 Å². The van der Waals surface area contributed by atoms with Gasteiger partial charge in [-0.15, -0.1) is 0 Å². The molecule has 8 heteroatoms. The number of hydrogen-bond donors (Lipinski definition) is 0. The molecule has 0 N–H and O–H groups in total. The molecule has 0 radical (unpaired) electrons. The van der Waals surface area contributed by atoms with Crippen LogP contribution in [0.15, 0.2) is 84.9 Å². The number of hydrogen-bond acceptors (Lipinski definition) is 6. The molecule has 1 heterocycles. The molecule has 0 aliphatic carbocycles. The summed E-state index contributed by atoms with van der Waals surface area (Å²) in [7, 11) is 0.505. The Hall–Kier alpha value is -3.88. The lowest BCUT2D eigenvalue weighted by molar-refractivity contribution is -0.117. The van der Waals surface area contributed by atoms with Crippen molar-refractivity contribution in [2.75, 3.05) is 27.4 Å². The Morgan fingerprint density at radius 1 is 0.840 bits per heavy atom. The van der Waals surface area contributed by atoms with Crippen molar-refractivity contribution in [2.45, 2.75) is 97.8 Å².